The number of ether oxygens (including phenoxy) is 1. The SMILES string of the molecule is C#Cc1cccc(NC(=O)CNC(=O)/C=C/c2ccc(Oc3cccnc3)c(F)c2)c1. The molecule has 3 aromatic rings. The number of pyridine rings is 1. The maximum atomic E-state index is 14.2. The number of benzene rings is 2. The molecule has 0 atom stereocenters. The summed E-state index contributed by atoms with van der Waals surface area (Å²) in [4.78, 5) is 27.8. The van der Waals surface area contributed by atoms with Crippen LogP contribution in [0.1, 0.15) is 11.1 Å². The number of anilines is 1. The van der Waals surface area contributed by atoms with E-state index in [1.807, 2.05) is 0 Å². The lowest BCUT2D eigenvalue weighted by molar-refractivity contribution is -0.121. The lowest BCUT2D eigenvalue weighted by Gasteiger charge is -2.07. The molecule has 0 saturated heterocycles. The predicted octanol–water partition coefficient (Wildman–Crippen LogP) is 3.76. The minimum Gasteiger partial charge on any atom is -0.453 e. The molecule has 0 aliphatic heterocycles. The number of halogens is 1. The third kappa shape index (κ3) is 6.54. The molecule has 31 heavy (non-hydrogen) atoms. The molecule has 154 valence electrons. The van der Waals surface area contributed by atoms with Crippen molar-refractivity contribution in [3.63, 3.8) is 0 Å². The topological polar surface area (TPSA) is 80.3 Å². The van der Waals surface area contributed by atoms with Gasteiger partial charge in [-0.2, -0.15) is 0 Å². The van der Waals surface area contributed by atoms with Gasteiger partial charge in [-0.1, -0.05) is 18.1 Å². The molecule has 0 unspecified atom stereocenters. The minimum absolute atomic E-state index is 0.0418. The van der Waals surface area contributed by atoms with E-state index in [0.29, 0.717) is 22.6 Å². The first-order valence-electron chi connectivity index (χ1n) is 9.23. The fourth-order valence-corrected chi connectivity index (χ4v) is 2.53. The number of terminal acetylenes is 1. The highest BCUT2D eigenvalue weighted by atomic mass is 19.1. The summed E-state index contributed by atoms with van der Waals surface area (Å²) in [5.41, 5.74) is 1.63. The number of carbonyl (C=O) groups excluding carboxylic acids is 2. The van der Waals surface area contributed by atoms with Crippen molar-refractivity contribution >= 4 is 23.6 Å². The van der Waals surface area contributed by atoms with Crippen LogP contribution in [0.3, 0.4) is 0 Å². The van der Waals surface area contributed by atoms with Gasteiger partial charge < -0.3 is 15.4 Å². The van der Waals surface area contributed by atoms with Gasteiger partial charge in [0.1, 0.15) is 5.75 Å². The van der Waals surface area contributed by atoms with Gasteiger partial charge in [0.2, 0.25) is 11.8 Å². The normalized spacial score (nSPS) is 10.3. The average molecular weight is 415 g/mol. The first-order valence-corrected chi connectivity index (χ1v) is 9.23. The van der Waals surface area contributed by atoms with Gasteiger partial charge >= 0.3 is 0 Å². The number of nitrogens with one attached hydrogen (secondary N) is 2. The summed E-state index contributed by atoms with van der Waals surface area (Å²) >= 11 is 0. The second-order valence-electron chi connectivity index (χ2n) is 6.31. The van der Waals surface area contributed by atoms with Crippen molar-refractivity contribution in [3.8, 4) is 23.8 Å². The summed E-state index contributed by atoms with van der Waals surface area (Å²) in [6.45, 7) is -0.226. The van der Waals surface area contributed by atoms with Gasteiger partial charge in [-0.25, -0.2) is 4.39 Å². The maximum absolute atomic E-state index is 14.2. The second kappa shape index (κ2) is 10.4. The lowest BCUT2D eigenvalue weighted by Crippen LogP contribution is -2.31. The maximum Gasteiger partial charge on any atom is 0.244 e. The molecule has 7 heteroatoms. The Labute approximate surface area is 178 Å². The van der Waals surface area contributed by atoms with Crippen molar-refractivity contribution in [2.45, 2.75) is 0 Å². The van der Waals surface area contributed by atoms with Crippen LogP contribution in [0.15, 0.2) is 73.1 Å². The molecule has 6 nitrogen and oxygen atoms in total. The van der Waals surface area contributed by atoms with Crippen molar-refractivity contribution in [3.05, 3.63) is 90.0 Å². The van der Waals surface area contributed by atoms with Crippen LogP contribution < -0.4 is 15.4 Å². The number of nitrogens with zero attached hydrogens (tertiary/aromatic N) is 1. The van der Waals surface area contributed by atoms with Gasteiger partial charge in [-0.3, -0.25) is 14.6 Å². The molecule has 0 aliphatic rings. The first-order chi connectivity index (χ1) is 15.0. The Bertz CT molecular complexity index is 1150. The third-order valence-corrected chi connectivity index (χ3v) is 3.98. The summed E-state index contributed by atoms with van der Waals surface area (Å²) in [5, 5.41) is 5.09. The van der Waals surface area contributed by atoms with E-state index >= 15 is 0 Å². The van der Waals surface area contributed by atoms with E-state index in [1.54, 1.807) is 48.7 Å². The van der Waals surface area contributed by atoms with E-state index in [2.05, 4.69) is 21.5 Å². The molecule has 3 rings (SSSR count). The summed E-state index contributed by atoms with van der Waals surface area (Å²) in [5.74, 6) is 1.44. The van der Waals surface area contributed by atoms with Crippen molar-refractivity contribution in [1.82, 2.24) is 10.3 Å². The molecule has 2 amide bonds. The number of hydrogen-bond acceptors (Lipinski definition) is 4. The van der Waals surface area contributed by atoms with E-state index in [4.69, 9.17) is 11.2 Å². The number of carbonyl (C=O) groups is 2. The molecule has 1 heterocycles. The van der Waals surface area contributed by atoms with Crippen LogP contribution in [-0.2, 0) is 9.59 Å². The minimum atomic E-state index is -0.583. The average Bonchev–Trinajstić information content (AvgIpc) is 2.78. The van der Waals surface area contributed by atoms with Gasteiger partial charge in [-0.15, -0.1) is 6.42 Å². The zero-order valence-corrected chi connectivity index (χ0v) is 16.3. The largest absolute Gasteiger partial charge is 0.453 e. The Balaban J connectivity index is 1.50. The highest BCUT2D eigenvalue weighted by molar-refractivity contribution is 5.98. The van der Waals surface area contributed by atoms with Gasteiger partial charge in [0, 0.05) is 23.5 Å². The van der Waals surface area contributed by atoms with Crippen molar-refractivity contribution < 1.29 is 18.7 Å². The monoisotopic (exact) mass is 415 g/mol. The first kappa shape index (κ1) is 21.3. The van der Waals surface area contributed by atoms with E-state index in [1.165, 1.54) is 30.5 Å². The van der Waals surface area contributed by atoms with Crippen molar-refractivity contribution in [2.75, 3.05) is 11.9 Å². The molecule has 0 saturated carbocycles. The third-order valence-electron chi connectivity index (χ3n) is 3.98. The number of hydrogen-bond donors (Lipinski definition) is 2. The molecule has 0 spiro atoms. The Kier molecular flexibility index (Phi) is 7.12. The van der Waals surface area contributed by atoms with Gasteiger partial charge in [0.05, 0.1) is 12.7 Å². The summed E-state index contributed by atoms with van der Waals surface area (Å²) in [6.07, 6.45) is 11.0. The zero-order chi connectivity index (χ0) is 22.1. The van der Waals surface area contributed by atoms with E-state index < -0.39 is 17.6 Å². The Morgan fingerprint density at radius 2 is 2.03 bits per heavy atom. The van der Waals surface area contributed by atoms with Crippen LogP contribution in [0.2, 0.25) is 0 Å². The van der Waals surface area contributed by atoms with E-state index in [-0.39, 0.29) is 12.3 Å². The predicted molar refractivity (Wildman–Crippen MR) is 116 cm³/mol. The van der Waals surface area contributed by atoms with Gasteiger partial charge in [0.25, 0.3) is 0 Å². The highest BCUT2D eigenvalue weighted by Gasteiger charge is 2.07. The zero-order valence-electron chi connectivity index (χ0n) is 16.3. The van der Waals surface area contributed by atoms with Crippen LogP contribution in [-0.4, -0.2) is 23.3 Å². The smallest absolute Gasteiger partial charge is 0.244 e. The number of aromatic nitrogens is 1. The summed E-state index contributed by atoms with van der Waals surface area (Å²) in [6, 6.07) is 14.4. The Morgan fingerprint density at radius 3 is 2.77 bits per heavy atom. The van der Waals surface area contributed by atoms with Crippen LogP contribution in [0.25, 0.3) is 6.08 Å². The molecule has 0 radical (unpaired) electrons. The van der Waals surface area contributed by atoms with Crippen LogP contribution >= 0.6 is 0 Å². The van der Waals surface area contributed by atoms with E-state index in [9.17, 15) is 14.0 Å². The second-order valence-corrected chi connectivity index (χ2v) is 6.31. The Morgan fingerprint density at radius 1 is 1.16 bits per heavy atom. The highest BCUT2D eigenvalue weighted by Crippen LogP contribution is 2.24. The molecule has 2 aromatic carbocycles. The molecule has 1 aromatic heterocycles. The van der Waals surface area contributed by atoms with Crippen molar-refractivity contribution in [2.24, 2.45) is 0 Å². The van der Waals surface area contributed by atoms with Gasteiger partial charge in [-0.05, 0) is 54.1 Å². The van der Waals surface area contributed by atoms with Crippen LogP contribution in [0, 0.1) is 18.2 Å². The quantitative estimate of drug-likeness (QED) is 0.455. The number of amides is 2. The molecular formula is C24H18FN3O3. The summed E-state index contributed by atoms with van der Waals surface area (Å²) < 4.78 is 19.7. The standard InChI is InChI=1S/C24H18FN3O3/c1-2-17-5-3-6-19(13-17)28-24(30)16-27-23(29)11-9-18-8-10-22(21(25)14-18)31-20-7-4-12-26-15-20/h1,3-15H,16H2,(H,27,29)(H,28,30)/b11-9+. The molecule has 2 N–H and O–H groups in total. The summed E-state index contributed by atoms with van der Waals surface area (Å²) in [7, 11) is 0. The lowest BCUT2D eigenvalue weighted by atomic mass is 10.2. The number of rotatable bonds is 7. The molecular weight excluding hydrogens is 397 g/mol. The van der Waals surface area contributed by atoms with E-state index in [0.717, 1.165) is 0 Å². The van der Waals surface area contributed by atoms with Gasteiger partial charge in [0.15, 0.2) is 11.6 Å². The van der Waals surface area contributed by atoms with Crippen LogP contribution in [0.4, 0.5) is 10.1 Å². The van der Waals surface area contributed by atoms with Crippen molar-refractivity contribution in [1.29, 1.82) is 0 Å². The molecule has 0 bridgehead atoms. The fourth-order valence-electron chi connectivity index (χ4n) is 2.53. The molecule has 0 fully saturated rings. The molecule has 0 aliphatic carbocycles. The van der Waals surface area contributed by atoms with Crippen LogP contribution in [0.5, 0.6) is 11.5 Å². The Hall–Kier alpha value is -4.44. The fraction of sp³-hybridized carbons (Fsp3) is 0.0417.